The maximum atomic E-state index is 12.7. The molecule has 3 aromatic rings. The van der Waals surface area contributed by atoms with Gasteiger partial charge in [-0.05, 0) is 35.8 Å². The Balaban J connectivity index is 1.62. The lowest BCUT2D eigenvalue weighted by molar-refractivity contribution is 0.309. The summed E-state index contributed by atoms with van der Waals surface area (Å²) in [6.45, 7) is 9.65. The molecule has 178 valence electrons. The molecule has 0 bridgehead atoms. The molecule has 0 radical (unpaired) electrons. The SMILES string of the molecule is CCCS(=O)(=O)N1CCC[C@@H](c2nc3c(nnn3Cc3ccc(C(C)(C)C)cc3)c(=O)[nH]2)C1. The van der Waals surface area contributed by atoms with Crippen molar-refractivity contribution in [1.29, 1.82) is 0 Å². The Kier molecular flexibility index (Phi) is 6.41. The first-order chi connectivity index (χ1) is 15.6. The zero-order chi connectivity index (χ0) is 23.8. The highest BCUT2D eigenvalue weighted by Gasteiger charge is 2.31. The highest BCUT2D eigenvalue weighted by atomic mass is 32.2. The summed E-state index contributed by atoms with van der Waals surface area (Å²) in [4.78, 5) is 20.2. The van der Waals surface area contributed by atoms with E-state index < -0.39 is 10.0 Å². The van der Waals surface area contributed by atoms with E-state index in [0.29, 0.717) is 37.5 Å². The molecule has 1 fully saturated rings. The molecule has 0 unspecified atom stereocenters. The zero-order valence-electron chi connectivity index (χ0n) is 19.7. The van der Waals surface area contributed by atoms with Crippen molar-refractivity contribution in [2.24, 2.45) is 0 Å². The van der Waals surface area contributed by atoms with Crippen LogP contribution in [0.1, 0.15) is 69.8 Å². The Bertz CT molecular complexity index is 1290. The molecular formula is C23H32N6O3S. The lowest BCUT2D eigenvalue weighted by Gasteiger charge is -2.31. The smallest absolute Gasteiger partial charge is 0.281 e. The van der Waals surface area contributed by atoms with Crippen LogP contribution >= 0.6 is 0 Å². The zero-order valence-corrected chi connectivity index (χ0v) is 20.5. The average molecular weight is 473 g/mol. The standard InChI is InChI=1S/C23H32N6O3S/c1-5-13-33(31,32)28-12-6-7-17(15-28)20-24-21-19(22(30)25-20)26-27-29(21)14-16-8-10-18(11-9-16)23(2,3)4/h8-11,17H,5-7,12-15H2,1-4H3,(H,24,25,30)/t17-/m1/s1. The van der Waals surface area contributed by atoms with Gasteiger partial charge in [0.15, 0.2) is 11.2 Å². The summed E-state index contributed by atoms with van der Waals surface area (Å²) >= 11 is 0. The van der Waals surface area contributed by atoms with Crippen LogP contribution in [0, 0.1) is 0 Å². The van der Waals surface area contributed by atoms with E-state index in [1.54, 1.807) is 4.68 Å². The summed E-state index contributed by atoms with van der Waals surface area (Å²) < 4.78 is 28.3. The van der Waals surface area contributed by atoms with Gasteiger partial charge >= 0.3 is 0 Å². The molecule has 1 aliphatic heterocycles. The summed E-state index contributed by atoms with van der Waals surface area (Å²) in [5.41, 5.74) is 2.61. The van der Waals surface area contributed by atoms with Crippen LogP contribution in [0.25, 0.3) is 11.2 Å². The molecule has 0 amide bonds. The van der Waals surface area contributed by atoms with E-state index in [1.165, 1.54) is 9.87 Å². The van der Waals surface area contributed by atoms with Crippen molar-refractivity contribution in [3.05, 3.63) is 51.6 Å². The number of H-pyrrole nitrogens is 1. The number of piperidine rings is 1. The summed E-state index contributed by atoms with van der Waals surface area (Å²) in [5, 5.41) is 8.20. The molecular weight excluding hydrogens is 440 g/mol. The van der Waals surface area contributed by atoms with Crippen molar-refractivity contribution in [3.63, 3.8) is 0 Å². The Morgan fingerprint density at radius 3 is 2.58 bits per heavy atom. The molecule has 1 aliphatic rings. The second-order valence-electron chi connectivity index (χ2n) is 9.83. The van der Waals surface area contributed by atoms with Gasteiger partial charge in [-0.3, -0.25) is 4.79 Å². The molecule has 10 heteroatoms. The monoisotopic (exact) mass is 472 g/mol. The normalized spacial score (nSPS) is 18.1. The molecule has 2 aromatic heterocycles. The van der Waals surface area contributed by atoms with E-state index in [9.17, 15) is 13.2 Å². The fraction of sp³-hybridized carbons (Fsp3) is 0.565. The van der Waals surface area contributed by atoms with Gasteiger partial charge < -0.3 is 4.98 Å². The molecule has 3 heterocycles. The van der Waals surface area contributed by atoms with Crippen LogP contribution < -0.4 is 5.56 Å². The van der Waals surface area contributed by atoms with Crippen LogP contribution in [0.2, 0.25) is 0 Å². The average Bonchev–Trinajstić information content (AvgIpc) is 3.17. The summed E-state index contributed by atoms with van der Waals surface area (Å²) in [7, 11) is -3.30. The van der Waals surface area contributed by atoms with Crippen molar-refractivity contribution in [2.45, 2.75) is 64.8 Å². The summed E-state index contributed by atoms with van der Waals surface area (Å²) in [5.74, 6) is 0.459. The van der Waals surface area contributed by atoms with Gasteiger partial charge in [-0.25, -0.2) is 22.4 Å². The molecule has 1 N–H and O–H groups in total. The van der Waals surface area contributed by atoms with Gasteiger partial charge in [0.2, 0.25) is 10.0 Å². The summed E-state index contributed by atoms with van der Waals surface area (Å²) in [6, 6.07) is 8.32. The topological polar surface area (TPSA) is 114 Å². The Morgan fingerprint density at radius 2 is 1.91 bits per heavy atom. The van der Waals surface area contributed by atoms with Gasteiger partial charge in [-0.2, -0.15) is 0 Å². The van der Waals surface area contributed by atoms with Crippen LogP contribution in [-0.4, -0.2) is 56.5 Å². The van der Waals surface area contributed by atoms with Crippen LogP contribution in [0.4, 0.5) is 0 Å². The van der Waals surface area contributed by atoms with Crippen LogP contribution in [0.15, 0.2) is 29.1 Å². The Morgan fingerprint density at radius 1 is 1.18 bits per heavy atom. The molecule has 0 spiro atoms. The van der Waals surface area contributed by atoms with E-state index in [2.05, 4.69) is 60.3 Å². The predicted octanol–water partition coefficient (Wildman–Crippen LogP) is 2.78. The quantitative estimate of drug-likeness (QED) is 0.590. The maximum Gasteiger partial charge on any atom is 0.281 e. The highest BCUT2D eigenvalue weighted by molar-refractivity contribution is 7.89. The maximum absolute atomic E-state index is 12.7. The fourth-order valence-corrected chi connectivity index (χ4v) is 5.86. The number of aromatic amines is 1. The van der Waals surface area contributed by atoms with Crippen molar-refractivity contribution >= 4 is 21.2 Å². The molecule has 9 nitrogen and oxygen atoms in total. The van der Waals surface area contributed by atoms with Gasteiger partial charge in [0.1, 0.15) is 5.82 Å². The third-order valence-electron chi connectivity index (χ3n) is 6.17. The minimum Gasteiger partial charge on any atom is -0.308 e. The first kappa shape index (κ1) is 23.6. The van der Waals surface area contributed by atoms with Gasteiger partial charge in [-0.15, -0.1) is 5.10 Å². The molecule has 0 aliphatic carbocycles. The van der Waals surface area contributed by atoms with Crippen molar-refractivity contribution in [2.75, 3.05) is 18.8 Å². The number of nitrogens with one attached hydrogen (secondary N) is 1. The molecule has 4 rings (SSSR count). The second kappa shape index (κ2) is 8.98. The van der Waals surface area contributed by atoms with Gasteiger partial charge in [0, 0.05) is 19.0 Å². The molecule has 1 atom stereocenters. The third-order valence-corrected chi connectivity index (χ3v) is 8.21. The van der Waals surface area contributed by atoms with E-state index in [1.807, 2.05) is 6.92 Å². The number of sulfonamides is 1. The first-order valence-electron chi connectivity index (χ1n) is 11.5. The number of benzene rings is 1. The molecule has 33 heavy (non-hydrogen) atoms. The van der Waals surface area contributed by atoms with Crippen molar-refractivity contribution in [3.8, 4) is 0 Å². The molecule has 1 saturated heterocycles. The molecule has 0 saturated carbocycles. The number of hydrogen-bond donors (Lipinski definition) is 1. The lowest BCUT2D eigenvalue weighted by Crippen LogP contribution is -2.41. The van der Waals surface area contributed by atoms with Crippen LogP contribution in [0.3, 0.4) is 0 Å². The second-order valence-corrected chi connectivity index (χ2v) is 11.9. The van der Waals surface area contributed by atoms with Gasteiger partial charge in [0.05, 0.1) is 12.3 Å². The van der Waals surface area contributed by atoms with Crippen LogP contribution in [-0.2, 0) is 22.0 Å². The van der Waals surface area contributed by atoms with Gasteiger partial charge in [0.25, 0.3) is 5.56 Å². The lowest BCUT2D eigenvalue weighted by atomic mass is 9.87. The van der Waals surface area contributed by atoms with E-state index in [4.69, 9.17) is 4.98 Å². The van der Waals surface area contributed by atoms with E-state index in [-0.39, 0.29) is 28.2 Å². The van der Waals surface area contributed by atoms with Crippen molar-refractivity contribution < 1.29 is 8.42 Å². The largest absolute Gasteiger partial charge is 0.308 e. The van der Waals surface area contributed by atoms with E-state index >= 15 is 0 Å². The Hall–Kier alpha value is -2.59. The molecule has 1 aromatic carbocycles. The number of hydrogen-bond acceptors (Lipinski definition) is 6. The minimum atomic E-state index is -3.30. The number of aromatic nitrogens is 5. The first-order valence-corrected chi connectivity index (χ1v) is 13.1. The van der Waals surface area contributed by atoms with Crippen molar-refractivity contribution in [1.82, 2.24) is 29.3 Å². The fourth-order valence-electron chi connectivity index (χ4n) is 4.27. The summed E-state index contributed by atoms with van der Waals surface area (Å²) in [6.07, 6.45) is 2.07. The third kappa shape index (κ3) is 5.01. The number of nitrogens with zero attached hydrogens (tertiary/aromatic N) is 5. The minimum absolute atomic E-state index is 0.0702. The van der Waals surface area contributed by atoms with E-state index in [0.717, 1.165) is 18.4 Å². The predicted molar refractivity (Wildman–Crippen MR) is 128 cm³/mol. The highest BCUT2D eigenvalue weighted by Crippen LogP contribution is 2.27. The van der Waals surface area contributed by atoms with Crippen LogP contribution in [0.5, 0.6) is 0 Å². The number of fused-ring (bicyclic) bond motifs is 1. The van der Waals surface area contributed by atoms with Gasteiger partial charge in [-0.1, -0.05) is 57.2 Å². The number of rotatable bonds is 6. The Labute approximate surface area is 194 Å².